The van der Waals surface area contributed by atoms with Crippen LogP contribution in [0.2, 0.25) is 0 Å². The maximum absolute atomic E-state index is 11.4. The van der Waals surface area contributed by atoms with Gasteiger partial charge >= 0.3 is 5.97 Å². The SMILES string of the molecule is COc1cc(CSc2ccccc2)c(C)c(OC(C)=O)c1OC. The predicted octanol–water partition coefficient (Wildman–Crippen LogP) is 4.23. The lowest BCUT2D eigenvalue weighted by Crippen LogP contribution is -2.07. The predicted molar refractivity (Wildman–Crippen MR) is 91.6 cm³/mol. The van der Waals surface area contributed by atoms with E-state index in [0.717, 1.165) is 16.9 Å². The van der Waals surface area contributed by atoms with E-state index in [1.54, 1.807) is 18.9 Å². The Kier molecular flexibility index (Phi) is 5.93. The molecule has 0 fully saturated rings. The number of hydrogen-bond acceptors (Lipinski definition) is 5. The van der Waals surface area contributed by atoms with E-state index in [2.05, 4.69) is 12.1 Å². The zero-order valence-electron chi connectivity index (χ0n) is 13.7. The fourth-order valence-electron chi connectivity index (χ4n) is 2.20. The van der Waals surface area contributed by atoms with Crippen molar-refractivity contribution in [1.29, 1.82) is 0 Å². The molecular weight excluding hydrogens is 312 g/mol. The zero-order chi connectivity index (χ0) is 16.8. The van der Waals surface area contributed by atoms with Crippen LogP contribution in [-0.4, -0.2) is 20.2 Å². The minimum absolute atomic E-state index is 0.388. The third kappa shape index (κ3) is 4.20. The summed E-state index contributed by atoms with van der Waals surface area (Å²) in [6.45, 7) is 3.29. The van der Waals surface area contributed by atoms with Crippen molar-refractivity contribution in [2.45, 2.75) is 24.5 Å². The number of methoxy groups -OCH3 is 2. The van der Waals surface area contributed by atoms with E-state index in [9.17, 15) is 4.79 Å². The van der Waals surface area contributed by atoms with Crippen molar-refractivity contribution in [3.63, 3.8) is 0 Å². The lowest BCUT2D eigenvalue weighted by Gasteiger charge is -2.17. The number of thioether (sulfide) groups is 1. The first-order chi connectivity index (χ1) is 11.1. The van der Waals surface area contributed by atoms with Gasteiger partial charge in [0.15, 0.2) is 11.5 Å². The third-order valence-electron chi connectivity index (χ3n) is 3.36. The first-order valence-electron chi connectivity index (χ1n) is 7.17. The molecule has 0 atom stereocenters. The summed E-state index contributed by atoms with van der Waals surface area (Å²) < 4.78 is 16.1. The molecule has 5 heteroatoms. The largest absolute Gasteiger partial charge is 0.493 e. The van der Waals surface area contributed by atoms with Gasteiger partial charge in [-0.25, -0.2) is 0 Å². The number of ether oxygens (including phenoxy) is 3. The Labute approximate surface area is 140 Å². The molecule has 2 aromatic carbocycles. The minimum Gasteiger partial charge on any atom is -0.493 e. The second-order valence-corrected chi connectivity index (χ2v) is 5.97. The van der Waals surface area contributed by atoms with Crippen LogP contribution in [0.4, 0.5) is 0 Å². The Hall–Kier alpha value is -2.14. The molecule has 0 N–H and O–H groups in total. The van der Waals surface area contributed by atoms with E-state index in [4.69, 9.17) is 14.2 Å². The van der Waals surface area contributed by atoms with Gasteiger partial charge in [0.05, 0.1) is 14.2 Å². The number of benzene rings is 2. The van der Waals surface area contributed by atoms with Gasteiger partial charge < -0.3 is 14.2 Å². The second kappa shape index (κ2) is 7.92. The summed E-state index contributed by atoms with van der Waals surface area (Å²) in [5, 5.41) is 0. The first-order valence-corrected chi connectivity index (χ1v) is 8.16. The number of rotatable bonds is 6. The van der Waals surface area contributed by atoms with Gasteiger partial charge in [-0.3, -0.25) is 4.79 Å². The van der Waals surface area contributed by atoms with E-state index >= 15 is 0 Å². The van der Waals surface area contributed by atoms with Gasteiger partial charge in [-0.1, -0.05) is 18.2 Å². The Balaban J connectivity index is 2.36. The molecule has 0 heterocycles. The highest BCUT2D eigenvalue weighted by atomic mass is 32.2. The highest BCUT2D eigenvalue weighted by molar-refractivity contribution is 7.98. The fourth-order valence-corrected chi connectivity index (χ4v) is 3.17. The van der Waals surface area contributed by atoms with Gasteiger partial charge in [-0.15, -0.1) is 11.8 Å². The topological polar surface area (TPSA) is 44.8 Å². The van der Waals surface area contributed by atoms with E-state index in [0.29, 0.717) is 17.2 Å². The first kappa shape index (κ1) is 17.2. The molecule has 0 amide bonds. The van der Waals surface area contributed by atoms with Gasteiger partial charge in [0.25, 0.3) is 0 Å². The van der Waals surface area contributed by atoms with Gasteiger partial charge in [0.1, 0.15) is 0 Å². The average Bonchev–Trinajstić information content (AvgIpc) is 2.55. The molecule has 2 rings (SSSR count). The van der Waals surface area contributed by atoms with Crippen molar-refractivity contribution >= 4 is 17.7 Å². The van der Waals surface area contributed by atoms with Crippen LogP contribution in [0.5, 0.6) is 17.2 Å². The normalized spacial score (nSPS) is 10.3. The molecule has 0 aliphatic heterocycles. The van der Waals surface area contributed by atoms with Crippen LogP contribution in [0.25, 0.3) is 0 Å². The molecule has 122 valence electrons. The summed E-state index contributed by atoms with van der Waals surface area (Å²) in [7, 11) is 3.10. The molecule has 0 unspecified atom stereocenters. The molecule has 23 heavy (non-hydrogen) atoms. The van der Waals surface area contributed by atoms with Crippen LogP contribution >= 0.6 is 11.8 Å². The molecule has 0 saturated carbocycles. The molecule has 4 nitrogen and oxygen atoms in total. The maximum atomic E-state index is 11.4. The number of carbonyl (C=O) groups excluding carboxylic acids is 1. The Morgan fingerprint density at radius 3 is 2.35 bits per heavy atom. The van der Waals surface area contributed by atoms with E-state index in [1.807, 2.05) is 31.2 Å². The quantitative estimate of drug-likeness (QED) is 0.450. The highest BCUT2D eigenvalue weighted by Gasteiger charge is 2.20. The summed E-state index contributed by atoms with van der Waals surface area (Å²) in [5.74, 6) is 1.76. The van der Waals surface area contributed by atoms with Gasteiger partial charge in [-0.05, 0) is 30.7 Å². The van der Waals surface area contributed by atoms with Gasteiger partial charge in [-0.2, -0.15) is 0 Å². The average molecular weight is 332 g/mol. The van der Waals surface area contributed by atoms with Crippen molar-refractivity contribution in [1.82, 2.24) is 0 Å². The number of hydrogen-bond donors (Lipinski definition) is 0. The monoisotopic (exact) mass is 332 g/mol. The molecule has 0 radical (unpaired) electrons. The summed E-state index contributed by atoms with van der Waals surface area (Å²) >= 11 is 1.71. The summed E-state index contributed by atoms with van der Waals surface area (Å²) in [4.78, 5) is 12.6. The maximum Gasteiger partial charge on any atom is 0.308 e. The summed E-state index contributed by atoms with van der Waals surface area (Å²) in [5.41, 5.74) is 1.91. The molecule has 0 bridgehead atoms. The Bertz CT molecular complexity index is 683. The van der Waals surface area contributed by atoms with E-state index < -0.39 is 0 Å². The van der Waals surface area contributed by atoms with Crippen molar-refractivity contribution in [2.75, 3.05) is 14.2 Å². The summed E-state index contributed by atoms with van der Waals surface area (Å²) in [6, 6.07) is 12.1. The van der Waals surface area contributed by atoms with E-state index in [-0.39, 0.29) is 5.97 Å². The van der Waals surface area contributed by atoms with Crippen molar-refractivity contribution in [2.24, 2.45) is 0 Å². The van der Waals surface area contributed by atoms with Crippen LogP contribution in [0.15, 0.2) is 41.3 Å². The summed E-state index contributed by atoms with van der Waals surface area (Å²) in [6.07, 6.45) is 0. The highest BCUT2D eigenvalue weighted by Crippen LogP contribution is 2.43. The molecular formula is C18H20O4S. The van der Waals surface area contributed by atoms with E-state index in [1.165, 1.54) is 18.9 Å². The van der Waals surface area contributed by atoms with Crippen LogP contribution in [-0.2, 0) is 10.5 Å². The Morgan fingerprint density at radius 2 is 1.78 bits per heavy atom. The molecule has 0 aliphatic rings. The standard InChI is InChI=1S/C18H20O4S/c1-12-14(11-23-15-8-6-5-7-9-15)10-16(20-3)18(21-4)17(12)22-13(2)19/h5-10H,11H2,1-4H3. The van der Waals surface area contributed by atoms with Gasteiger partial charge in [0, 0.05) is 23.1 Å². The third-order valence-corrected chi connectivity index (χ3v) is 4.43. The smallest absolute Gasteiger partial charge is 0.308 e. The molecule has 2 aromatic rings. The molecule has 0 aliphatic carbocycles. The van der Waals surface area contributed by atoms with Gasteiger partial charge in [0.2, 0.25) is 5.75 Å². The molecule has 0 saturated heterocycles. The zero-order valence-corrected chi connectivity index (χ0v) is 14.5. The fraction of sp³-hybridized carbons (Fsp3) is 0.278. The number of carbonyl (C=O) groups is 1. The van der Waals surface area contributed by atoms with Crippen LogP contribution in [0.3, 0.4) is 0 Å². The van der Waals surface area contributed by atoms with Crippen molar-refractivity contribution < 1.29 is 19.0 Å². The van der Waals surface area contributed by atoms with Crippen LogP contribution in [0.1, 0.15) is 18.1 Å². The molecule has 0 aromatic heterocycles. The van der Waals surface area contributed by atoms with Crippen LogP contribution < -0.4 is 14.2 Å². The van der Waals surface area contributed by atoms with Crippen molar-refractivity contribution in [3.05, 3.63) is 47.5 Å². The lowest BCUT2D eigenvalue weighted by atomic mass is 10.1. The molecule has 0 spiro atoms. The van der Waals surface area contributed by atoms with Crippen molar-refractivity contribution in [3.8, 4) is 17.2 Å². The number of esters is 1. The minimum atomic E-state index is -0.388. The second-order valence-electron chi connectivity index (χ2n) is 4.92. The van der Waals surface area contributed by atoms with Crippen LogP contribution in [0, 0.1) is 6.92 Å². The lowest BCUT2D eigenvalue weighted by molar-refractivity contribution is -0.132. The Morgan fingerprint density at radius 1 is 1.09 bits per heavy atom.